The van der Waals surface area contributed by atoms with Gasteiger partial charge in [-0.2, -0.15) is 0 Å². The van der Waals surface area contributed by atoms with Crippen LogP contribution in [0.25, 0.3) is 0 Å². The van der Waals surface area contributed by atoms with Crippen molar-refractivity contribution in [1.29, 1.82) is 0 Å². The fourth-order valence-corrected chi connectivity index (χ4v) is 4.49. The van der Waals surface area contributed by atoms with Gasteiger partial charge < -0.3 is 19.5 Å². The van der Waals surface area contributed by atoms with Crippen LogP contribution in [0.3, 0.4) is 0 Å². The van der Waals surface area contributed by atoms with E-state index in [1.165, 1.54) is 35.9 Å². The highest BCUT2D eigenvalue weighted by Gasteiger charge is 2.38. The quantitative estimate of drug-likeness (QED) is 0.758. The number of ether oxygens (including phenoxy) is 1. The lowest BCUT2D eigenvalue weighted by Gasteiger charge is -2.28. The Labute approximate surface area is 148 Å². The average molecular weight is 364 g/mol. The molecule has 1 atom stereocenters. The Balaban J connectivity index is 1.54. The van der Waals surface area contributed by atoms with E-state index in [1.807, 2.05) is 12.1 Å². The van der Waals surface area contributed by atoms with Crippen LogP contribution >= 0.6 is 23.1 Å². The van der Waals surface area contributed by atoms with Crippen molar-refractivity contribution >= 4 is 30.2 Å². The Kier molecular flexibility index (Phi) is 4.67. The van der Waals surface area contributed by atoms with Crippen molar-refractivity contribution in [1.82, 2.24) is 10.2 Å². The number of fused-ring (bicyclic) bond motifs is 1. The lowest BCUT2D eigenvalue weighted by atomic mass is 9.77. The van der Waals surface area contributed by atoms with Gasteiger partial charge in [0.1, 0.15) is 17.0 Å². The molecule has 0 radical (unpaired) electrons. The minimum Gasteiger partial charge on any atom is -0.535 e. The Morgan fingerprint density at radius 3 is 3.00 bits per heavy atom. The number of aromatic nitrogens is 2. The molecule has 0 spiro atoms. The summed E-state index contributed by atoms with van der Waals surface area (Å²) >= 11 is 2.90. The lowest BCUT2D eigenvalue weighted by molar-refractivity contribution is 0.252. The van der Waals surface area contributed by atoms with E-state index >= 15 is 0 Å². The monoisotopic (exact) mass is 364 g/mol. The van der Waals surface area contributed by atoms with Gasteiger partial charge in [0, 0.05) is 0 Å². The molecule has 1 aromatic carbocycles. The second-order valence-electron chi connectivity index (χ2n) is 6.02. The molecule has 24 heavy (non-hydrogen) atoms. The SMILES string of the molecule is OCc1c(OCC2CC2)ccc2c1OB(O)[C@@H](Sc1nncs1)C2. The summed E-state index contributed by atoms with van der Waals surface area (Å²) in [7, 11) is -0.963. The summed E-state index contributed by atoms with van der Waals surface area (Å²) in [6.07, 6.45) is 3.05. The summed E-state index contributed by atoms with van der Waals surface area (Å²) < 4.78 is 12.4. The molecule has 2 heterocycles. The molecule has 0 amide bonds. The highest BCUT2D eigenvalue weighted by atomic mass is 32.2. The van der Waals surface area contributed by atoms with Crippen LogP contribution < -0.4 is 9.39 Å². The minimum absolute atomic E-state index is 0.157. The molecule has 4 rings (SSSR count). The van der Waals surface area contributed by atoms with Crippen molar-refractivity contribution in [2.45, 2.75) is 35.4 Å². The van der Waals surface area contributed by atoms with Gasteiger partial charge in [0.15, 0.2) is 4.34 Å². The van der Waals surface area contributed by atoms with Crippen LogP contribution in [0.15, 0.2) is 22.0 Å². The molecule has 2 N–H and O–H groups in total. The van der Waals surface area contributed by atoms with Crippen molar-refractivity contribution in [3.05, 3.63) is 28.8 Å². The highest BCUT2D eigenvalue weighted by molar-refractivity contribution is 8.02. The van der Waals surface area contributed by atoms with Crippen molar-refractivity contribution in [3.63, 3.8) is 0 Å². The standard InChI is InChI=1S/C15H17BN2O4S2/c19-6-11-12(21-7-9-1-2-9)4-3-10-5-13(16(20)22-14(10)11)24-15-18-17-8-23-15/h3-4,8-9,13,19-20H,1-2,5-7H2/t13-/m0/s1. The zero-order valence-corrected chi connectivity index (χ0v) is 14.6. The predicted octanol–water partition coefficient (Wildman–Crippen LogP) is 1.93. The van der Waals surface area contributed by atoms with Gasteiger partial charge >= 0.3 is 7.12 Å². The minimum atomic E-state index is -0.963. The number of thioether (sulfide) groups is 1. The van der Waals surface area contributed by atoms with E-state index in [-0.39, 0.29) is 11.8 Å². The number of rotatable bonds is 6. The number of hydrogen-bond donors (Lipinski definition) is 2. The van der Waals surface area contributed by atoms with E-state index in [0.717, 1.165) is 9.90 Å². The Morgan fingerprint density at radius 1 is 1.42 bits per heavy atom. The van der Waals surface area contributed by atoms with Gasteiger partial charge in [-0.25, -0.2) is 0 Å². The first-order valence-electron chi connectivity index (χ1n) is 7.90. The third kappa shape index (κ3) is 3.39. The molecule has 0 unspecified atom stereocenters. The molecule has 2 aromatic rings. The fourth-order valence-electron chi connectivity index (χ4n) is 2.70. The molecule has 1 aliphatic carbocycles. The van der Waals surface area contributed by atoms with Gasteiger partial charge in [0.2, 0.25) is 0 Å². The molecule has 9 heteroatoms. The summed E-state index contributed by atoms with van der Waals surface area (Å²) in [5.74, 6) is 1.82. The number of hydrogen-bond acceptors (Lipinski definition) is 8. The largest absolute Gasteiger partial charge is 0.537 e. The first kappa shape index (κ1) is 16.2. The molecule has 1 fully saturated rings. The summed E-state index contributed by atoms with van der Waals surface area (Å²) in [6, 6.07) is 3.84. The van der Waals surface area contributed by atoms with E-state index in [2.05, 4.69) is 10.2 Å². The van der Waals surface area contributed by atoms with Gasteiger partial charge in [0.25, 0.3) is 0 Å². The number of benzene rings is 1. The molecule has 1 aliphatic heterocycles. The van der Waals surface area contributed by atoms with E-state index in [1.54, 1.807) is 5.51 Å². The van der Waals surface area contributed by atoms with Gasteiger partial charge in [0.05, 0.1) is 23.9 Å². The zero-order chi connectivity index (χ0) is 16.5. The topological polar surface area (TPSA) is 84.7 Å². The second-order valence-corrected chi connectivity index (χ2v) is 8.34. The molecule has 2 aliphatic rings. The van der Waals surface area contributed by atoms with E-state index in [4.69, 9.17) is 9.39 Å². The third-order valence-electron chi connectivity index (χ3n) is 4.20. The fraction of sp³-hybridized carbons (Fsp3) is 0.467. The van der Waals surface area contributed by atoms with Gasteiger partial charge in [-0.1, -0.05) is 29.2 Å². The van der Waals surface area contributed by atoms with E-state index in [0.29, 0.717) is 36.0 Å². The van der Waals surface area contributed by atoms with Crippen LogP contribution in [0.5, 0.6) is 11.5 Å². The zero-order valence-electron chi connectivity index (χ0n) is 12.9. The second kappa shape index (κ2) is 6.91. The van der Waals surface area contributed by atoms with Crippen LogP contribution in [0, 0.1) is 5.92 Å². The van der Waals surface area contributed by atoms with Crippen molar-refractivity contribution in [2.75, 3.05) is 6.61 Å². The molecule has 126 valence electrons. The first-order valence-corrected chi connectivity index (χ1v) is 9.66. The Bertz CT molecular complexity index is 712. The van der Waals surface area contributed by atoms with Crippen molar-refractivity contribution in [3.8, 4) is 11.5 Å². The Hall–Kier alpha value is -1.29. The third-order valence-corrected chi connectivity index (χ3v) is 6.24. The van der Waals surface area contributed by atoms with Gasteiger partial charge in [-0.3, -0.25) is 0 Å². The van der Waals surface area contributed by atoms with Crippen LogP contribution in [0.2, 0.25) is 0 Å². The van der Waals surface area contributed by atoms with Gasteiger partial charge in [-0.15, -0.1) is 10.2 Å². The summed E-state index contributed by atoms with van der Waals surface area (Å²) in [5.41, 5.74) is 3.25. The molecular weight excluding hydrogens is 347 g/mol. The normalized spacial score (nSPS) is 19.8. The van der Waals surface area contributed by atoms with Crippen LogP contribution in [-0.4, -0.2) is 39.2 Å². The van der Waals surface area contributed by atoms with E-state index in [9.17, 15) is 10.1 Å². The molecular formula is C15H17BN2O4S2. The van der Waals surface area contributed by atoms with Crippen LogP contribution in [0.1, 0.15) is 24.0 Å². The average Bonchev–Trinajstić information content (AvgIpc) is 3.28. The summed E-state index contributed by atoms with van der Waals surface area (Å²) in [6.45, 7) is 0.494. The molecule has 0 bridgehead atoms. The molecule has 1 saturated carbocycles. The number of nitrogens with zero attached hydrogens (tertiary/aromatic N) is 2. The number of aliphatic hydroxyl groups excluding tert-OH is 1. The maximum Gasteiger partial charge on any atom is 0.537 e. The molecule has 6 nitrogen and oxygen atoms in total. The van der Waals surface area contributed by atoms with Crippen molar-refractivity contribution in [2.24, 2.45) is 5.92 Å². The van der Waals surface area contributed by atoms with Gasteiger partial charge in [-0.05, 0) is 36.8 Å². The maximum atomic E-state index is 10.3. The summed E-state index contributed by atoms with van der Waals surface area (Å²) in [5, 5.41) is 27.8. The molecule has 1 aromatic heterocycles. The van der Waals surface area contributed by atoms with Crippen LogP contribution in [-0.2, 0) is 13.0 Å². The predicted molar refractivity (Wildman–Crippen MR) is 92.4 cm³/mol. The van der Waals surface area contributed by atoms with Crippen LogP contribution in [0.4, 0.5) is 0 Å². The summed E-state index contributed by atoms with van der Waals surface area (Å²) in [4.78, 5) is 0. The maximum absolute atomic E-state index is 10.3. The van der Waals surface area contributed by atoms with E-state index < -0.39 is 7.12 Å². The smallest absolute Gasteiger partial charge is 0.535 e. The van der Waals surface area contributed by atoms with Crippen molar-refractivity contribution < 1.29 is 19.5 Å². The number of aliphatic hydroxyl groups is 1. The Morgan fingerprint density at radius 2 is 2.29 bits per heavy atom. The highest BCUT2D eigenvalue weighted by Crippen LogP contribution is 2.40. The first-order chi connectivity index (χ1) is 11.7. The molecule has 0 saturated heterocycles. The lowest BCUT2D eigenvalue weighted by Crippen LogP contribution is -2.40.